The van der Waals surface area contributed by atoms with Gasteiger partial charge in [0.25, 0.3) is 0 Å². The van der Waals surface area contributed by atoms with E-state index in [1.165, 1.54) is 77.2 Å². The molecule has 0 unspecified atom stereocenters. The summed E-state index contributed by atoms with van der Waals surface area (Å²) < 4.78 is 6.44. The van der Waals surface area contributed by atoms with Gasteiger partial charge < -0.3 is 9.32 Å². The second-order valence-corrected chi connectivity index (χ2v) is 16.2. The Bertz CT molecular complexity index is 3430. The summed E-state index contributed by atoms with van der Waals surface area (Å²) in [6.07, 6.45) is 1.83. The van der Waals surface area contributed by atoms with E-state index in [-0.39, 0.29) is 0 Å². The van der Waals surface area contributed by atoms with Crippen LogP contribution in [0.15, 0.2) is 217 Å². The van der Waals surface area contributed by atoms with Gasteiger partial charge in [0, 0.05) is 33.9 Å². The monoisotopic (exact) mass is 795 g/mol. The fourth-order valence-corrected chi connectivity index (χ4v) is 9.49. The van der Waals surface area contributed by atoms with Crippen LogP contribution in [0.5, 0.6) is 0 Å². The number of aryl methyl sites for hydroxylation is 2. The van der Waals surface area contributed by atoms with Gasteiger partial charge in [-0.05, 0) is 139 Å². The normalized spacial score (nSPS) is 11.5. The fraction of sp³-hybridized carbons (Fsp3) is 0.0667. The summed E-state index contributed by atoms with van der Waals surface area (Å²) in [5, 5.41) is 7.28. The molecule has 0 radical (unpaired) electrons. The van der Waals surface area contributed by atoms with Crippen molar-refractivity contribution in [2.75, 3.05) is 4.90 Å². The Balaban J connectivity index is 1.00. The summed E-state index contributed by atoms with van der Waals surface area (Å²) >= 11 is 0. The highest BCUT2D eigenvalue weighted by Gasteiger charge is 2.19. The zero-order valence-corrected chi connectivity index (χ0v) is 35.0. The summed E-state index contributed by atoms with van der Waals surface area (Å²) in [5.74, 6) is 0. The summed E-state index contributed by atoms with van der Waals surface area (Å²) in [7, 11) is 0. The third-order valence-corrected chi connectivity index (χ3v) is 12.7. The fourth-order valence-electron chi connectivity index (χ4n) is 9.49. The molecule has 11 rings (SSSR count). The van der Waals surface area contributed by atoms with Gasteiger partial charge in [-0.25, -0.2) is 0 Å². The molecule has 0 spiro atoms. The molecule has 0 aliphatic carbocycles. The van der Waals surface area contributed by atoms with Gasteiger partial charge in [0.05, 0.1) is 0 Å². The van der Waals surface area contributed by atoms with Crippen LogP contribution in [0.1, 0.15) is 25.0 Å². The van der Waals surface area contributed by atoms with Crippen LogP contribution in [-0.4, -0.2) is 0 Å². The first kappa shape index (κ1) is 37.3. The van der Waals surface area contributed by atoms with E-state index in [1.54, 1.807) is 0 Å². The van der Waals surface area contributed by atoms with Crippen molar-refractivity contribution in [2.45, 2.75) is 26.7 Å². The maximum Gasteiger partial charge on any atom is 0.137 e. The Morgan fingerprint density at radius 1 is 0.323 bits per heavy atom. The summed E-state index contributed by atoms with van der Waals surface area (Å²) in [5.41, 5.74) is 17.7. The van der Waals surface area contributed by atoms with Crippen LogP contribution >= 0.6 is 0 Å². The molecule has 1 aromatic heterocycles. The average Bonchev–Trinajstić information content (AvgIpc) is 3.72. The maximum absolute atomic E-state index is 6.44. The van der Waals surface area contributed by atoms with Gasteiger partial charge >= 0.3 is 0 Å². The highest BCUT2D eigenvalue weighted by Crippen LogP contribution is 2.42. The largest absolute Gasteiger partial charge is 0.456 e. The third-order valence-electron chi connectivity index (χ3n) is 12.7. The molecular weight excluding hydrogens is 751 g/mol. The van der Waals surface area contributed by atoms with Gasteiger partial charge in [0.1, 0.15) is 11.2 Å². The Labute approximate surface area is 363 Å². The molecule has 0 N–H and O–H groups in total. The zero-order valence-electron chi connectivity index (χ0n) is 35.0. The molecule has 0 saturated heterocycles. The van der Waals surface area contributed by atoms with Crippen LogP contribution < -0.4 is 4.90 Å². The predicted octanol–water partition coefficient (Wildman–Crippen LogP) is 17.2. The van der Waals surface area contributed by atoms with Crippen molar-refractivity contribution in [3.63, 3.8) is 0 Å². The number of benzene rings is 10. The number of hydrogen-bond acceptors (Lipinski definition) is 2. The Hall–Kier alpha value is -7.68. The first-order valence-electron chi connectivity index (χ1n) is 21.8. The summed E-state index contributed by atoms with van der Waals surface area (Å²) in [6.45, 7) is 4.55. The van der Waals surface area contributed by atoms with Gasteiger partial charge in [0.15, 0.2) is 0 Å². The third kappa shape index (κ3) is 6.62. The quantitative estimate of drug-likeness (QED) is 0.145. The maximum atomic E-state index is 6.44. The van der Waals surface area contributed by atoms with Crippen molar-refractivity contribution in [2.24, 2.45) is 0 Å². The molecule has 62 heavy (non-hydrogen) atoms. The van der Waals surface area contributed by atoms with E-state index in [1.807, 2.05) is 12.1 Å². The molecule has 0 amide bonds. The van der Waals surface area contributed by atoms with E-state index in [2.05, 4.69) is 219 Å². The van der Waals surface area contributed by atoms with Crippen molar-refractivity contribution in [3.05, 3.63) is 223 Å². The molecule has 2 heteroatoms. The number of para-hydroxylation sites is 1. The molecule has 1 heterocycles. The SMILES string of the molecule is CCc1cc(-c2cccc3ccc(-c4ccccc4)cc23)ccc1-c1ccc(N(c2ccc(-c3cccc4ccccc34)cc2)c2ccc3c(c2)oc2ccccc23)cc1CC. The average molecular weight is 796 g/mol. The molecule has 0 aliphatic heterocycles. The first-order valence-corrected chi connectivity index (χ1v) is 21.8. The lowest BCUT2D eigenvalue weighted by atomic mass is 9.88. The van der Waals surface area contributed by atoms with Crippen molar-refractivity contribution >= 4 is 60.5 Å². The second kappa shape index (κ2) is 15.7. The summed E-state index contributed by atoms with van der Waals surface area (Å²) in [6, 6.07) is 77.4. The van der Waals surface area contributed by atoms with Crippen molar-refractivity contribution in [1.82, 2.24) is 0 Å². The molecule has 0 fully saturated rings. The van der Waals surface area contributed by atoms with Crippen LogP contribution in [-0.2, 0) is 12.8 Å². The Kier molecular flexibility index (Phi) is 9.47. The number of hydrogen-bond donors (Lipinski definition) is 0. The molecular formula is C60H45NO. The van der Waals surface area contributed by atoms with Crippen molar-refractivity contribution in [1.29, 1.82) is 0 Å². The first-order chi connectivity index (χ1) is 30.6. The second-order valence-electron chi connectivity index (χ2n) is 16.2. The number of fused-ring (bicyclic) bond motifs is 5. The van der Waals surface area contributed by atoms with Crippen LogP contribution in [0, 0.1) is 0 Å². The van der Waals surface area contributed by atoms with E-state index in [0.717, 1.165) is 51.8 Å². The van der Waals surface area contributed by atoms with E-state index >= 15 is 0 Å². The standard InChI is InChI=1S/C60H45NO/c1-3-40-36-47(53-22-13-18-44-24-25-46(38-58(44)53)42-14-6-5-7-15-42)28-33-54(40)55-34-31-49(37-41(55)4-2)61(50-32-35-57-56-20-10-11-23-59(56)62-60(57)39-50)48-29-26-45(27-30-48)52-21-12-17-43-16-8-9-19-51(43)52/h5-39H,3-4H2,1-2H3. The lowest BCUT2D eigenvalue weighted by Crippen LogP contribution is -2.10. The number of anilines is 3. The zero-order chi connectivity index (χ0) is 41.6. The lowest BCUT2D eigenvalue weighted by Gasteiger charge is -2.27. The molecule has 2 nitrogen and oxygen atoms in total. The van der Waals surface area contributed by atoms with Gasteiger partial charge in [0.2, 0.25) is 0 Å². The number of nitrogens with zero attached hydrogens (tertiary/aromatic N) is 1. The van der Waals surface area contributed by atoms with E-state index < -0.39 is 0 Å². The Morgan fingerprint density at radius 3 is 1.68 bits per heavy atom. The predicted molar refractivity (Wildman–Crippen MR) is 264 cm³/mol. The van der Waals surface area contributed by atoms with Gasteiger partial charge in [-0.2, -0.15) is 0 Å². The number of rotatable bonds is 9. The summed E-state index contributed by atoms with van der Waals surface area (Å²) in [4.78, 5) is 2.37. The topological polar surface area (TPSA) is 16.4 Å². The van der Waals surface area contributed by atoms with E-state index in [9.17, 15) is 0 Å². The Morgan fingerprint density at radius 2 is 0.887 bits per heavy atom. The molecule has 0 saturated carbocycles. The minimum absolute atomic E-state index is 0.878. The van der Waals surface area contributed by atoms with Crippen molar-refractivity contribution in [3.8, 4) is 44.5 Å². The molecule has 10 aromatic carbocycles. The molecule has 0 bridgehead atoms. The lowest BCUT2D eigenvalue weighted by molar-refractivity contribution is 0.669. The molecule has 0 atom stereocenters. The van der Waals surface area contributed by atoms with Gasteiger partial charge in [-0.15, -0.1) is 0 Å². The highest BCUT2D eigenvalue weighted by atomic mass is 16.3. The van der Waals surface area contributed by atoms with E-state index in [0.29, 0.717) is 0 Å². The van der Waals surface area contributed by atoms with Gasteiger partial charge in [-0.3, -0.25) is 0 Å². The number of furan rings is 1. The van der Waals surface area contributed by atoms with E-state index in [4.69, 9.17) is 4.42 Å². The van der Waals surface area contributed by atoms with Gasteiger partial charge in [-0.1, -0.05) is 172 Å². The van der Waals surface area contributed by atoms with Crippen LogP contribution in [0.3, 0.4) is 0 Å². The smallest absolute Gasteiger partial charge is 0.137 e. The van der Waals surface area contributed by atoms with Crippen LogP contribution in [0.4, 0.5) is 17.1 Å². The molecule has 296 valence electrons. The highest BCUT2D eigenvalue weighted by molar-refractivity contribution is 6.06. The van der Waals surface area contributed by atoms with Crippen molar-refractivity contribution < 1.29 is 4.42 Å². The minimum Gasteiger partial charge on any atom is -0.456 e. The molecule has 0 aliphatic rings. The van der Waals surface area contributed by atoms with Crippen LogP contribution in [0.25, 0.3) is 88.0 Å². The van der Waals surface area contributed by atoms with Crippen LogP contribution in [0.2, 0.25) is 0 Å². The molecule has 11 aromatic rings. The minimum atomic E-state index is 0.878.